The van der Waals surface area contributed by atoms with Crippen molar-refractivity contribution in [2.24, 2.45) is 23.7 Å². The van der Waals surface area contributed by atoms with Gasteiger partial charge in [-0.15, -0.1) is 6.58 Å². The van der Waals surface area contributed by atoms with Gasteiger partial charge in [0.05, 0.1) is 11.0 Å². The molecule has 1 spiro atoms. The molecule has 0 radical (unpaired) electrons. The Hall–Kier alpha value is 0.200. The monoisotopic (exact) mass is 482 g/mol. The fourth-order valence-corrected chi connectivity index (χ4v) is 6.26. The Morgan fingerprint density at radius 3 is 2.69 bits per heavy atom. The molecule has 5 aliphatic rings. The van der Waals surface area contributed by atoms with Crippen LogP contribution in [0.2, 0.25) is 0 Å². The summed E-state index contributed by atoms with van der Waals surface area (Å²) in [6.07, 6.45) is 4.64. The minimum absolute atomic E-state index is 0.0494. The van der Waals surface area contributed by atoms with Crippen LogP contribution in [0.4, 0.5) is 4.39 Å². The van der Waals surface area contributed by atoms with Crippen LogP contribution in [-0.2, 0) is 24.0 Å². The van der Waals surface area contributed by atoms with Crippen LogP contribution in [0.1, 0.15) is 39.5 Å². The lowest BCUT2D eigenvalue weighted by Gasteiger charge is -2.62. The largest absolute Gasteiger partial charge is 0.343 e. The van der Waals surface area contributed by atoms with Crippen LogP contribution < -0.4 is 0 Å². The van der Waals surface area contributed by atoms with Gasteiger partial charge in [0, 0.05) is 18.3 Å². The Balaban J connectivity index is 1.78. The summed E-state index contributed by atoms with van der Waals surface area (Å²) in [6, 6.07) is 0. The lowest BCUT2D eigenvalue weighted by Crippen LogP contribution is -2.74. The summed E-state index contributed by atoms with van der Waals surface area (Å²) in [6.45, 7) is 7.45. The van der Waals surface area contributed by atoms with E-state index in [0.29, 0.717) is 10.3 Å². The zero-order valence-electron chi connectivity index (χ0n) is 15.4. The van der Waals surface area contributed by atoms with E-state index in [-0.39, 0.29) is 24.4 Å². The first-order valence-electron chi connectivity index (χ1n) is 9.56. The number of fused-ring (bicyclic) bond motifs is 2. The van der Waals surface area contributed by atoms with Gasteiger partial charge < -0.3 is 14.2 Å². The first-order chi connectivity index (χ1) is 12.5. The summed E-state index contributed by atoms with van der Waals surface area (Å²) in [7, 11) is 0. The third kappa shape index (κ3) is 2.57. The predicted molar refractivity (Wildman–Crippen MR) is 101 cm³/mol. The standard InChI is InChI=1S/C19H28FIO5/c1-4-9-22-18(10-20)13(3)15-6-5-12(2)14-7-8-17(11-21)23-16(24-18)19(14,15)26-25-17/h4,12-16H,1,5-11H2,2-3H3/t12-,13-,14+,15+,16+,17-,18+,19-/m1/s1. The van der Waals surface area contributed by atoms with Crippen molar-refractivity contribution in [1.82, 2.24) is 0 Å². The van der Waals surface area contributed by atoms with Crippen molar-refractivity contribution in [3.8, 4) is 0 Å². The van der Waals surface area contributed by atoms with Crippen molar-refractivity contribution in [1.29, 1.82) is 0 Å². The number of alkyl halides is 2. The molecule has 4 aliphatic heterocycles. The smallest absolute Gasteiger partial charge is 0.213 e. The highest BCUT2D eigenvalue weighted by atomic mass is 127. The summed E-state index contributed by atoms with van der Waals surface area (Å²) in [5, 5.41) is 0. The summed E-state index contributed by atoms with van der Waals surface area (Å²) in [5.41, 5.74) is -0.695. The van der Waals surface area contributed by atoms with Gasteiger partial charge in [-0.25, -0.2) is 9.28 Å². The van der Waals surface area contributed by atoms with E-state index in [4.69, 9.17) is 24.0 Å². The van der Waals surface area contributed by atoms with E-state index in [1.807, 2.05) is 6.92 Å². The van der Waals surface area contributed by atoms with Gasteiger partial charge in [0.25, 0.3) is 0 Å². The molecular formula is C19H28FIO5. The van der Waals surface area contributed by atoms with Gasteiger partial charge in [-0.05, 0) is 31.1 Å². The van der Waals surface area contributed by atoms with E-state index in [9.17, 15) is 4.39 Å². The van der Waals surface area contributed by atoms with Crippen LogP contribution >= 0.6 is 22.6 Å². The van der Waals surface area contributed by atoms with Gasteiger partial charge in [0.2, 0.25) is 11.6 Å². The second kappa shape index (κ2) is 6.91. The van der Waals surface area contributed by atoms with Crippen molar-refractivity contribution < 1.29 is 28.4 Å². The van der Waals surface area contributed by atoms with E-state index >= 15 is 0 Å². The van der Waals surface area contributed by atoms with E-state index in [2.05, 4.69) is 36.1 Å². The topological polar surface area (TPSA) is 46.2 Å². The Kier molecular flexibility index (Phi) is 5.19. The molecule has 0 N–H and O–H groups in total. The molecule has 4 heterocycles. The number of rotatable bonds is 5. The lowest BCUT2D eigenvalue weighted by atomic mass is 9.57. The van der Waals surface area contributed by atoms with Crippen LogP contribution in [0.15, 0.2) is 12.7 Å². The van der Waals surface area contributed by atoms with Crippen LogP contribution in [-0.4, -0.2) is 41.2 Å². The summed E-state index contributed by atoms with van der Waals surface area (Å²) < 4.78 is 33.4. The number of halogens is 2. The minimum atomic E-state index is -1.33. The minimum Gasteiger partial charge on any atom is -0.343 e. The maximum Gasteiger partial charge on any atom is 0.213 e. The molecule has 2 bridgehead atoms. The lowest BCUT2D eigenvalue weighted by molar-refractivity contribution is -0.585. The van der Waals surface area contributed by atoms with Gasteiger partial charge in [-0.1, -0.05) is 42.5 Å². The van der Waals surface area contributed by atoms with Crippen LogP contribution in [0.3, 0.4) is 0 Å². The van der Waals surface area contributed by atoms with Gasteiger partial charge in [0.1, 0.15) is 6.67 Å². The van der Waals surface area contributed by atoms with Crippen LogP contribution in [0, 0.1) is 23.7 Å². The summed E-state index contributed by atoms with van der Waals surface area (Å²) in [5.74, 6) is -1.56. The molecule has 0 aromatic heterocycles. The molecule has 8 atom stereocenters. The highest BCUT2D eigenvalue weighted by molar-refractivity contribution is 14.1. The van der Waals surface area contributed by atoms with E-state index < -0.39 is 30.1 Å². The molecule has 4 saturated heterocycles. The molecule has 1 saturated carbocycles. The first kappa shape index (κ1) is 19.5. The second-order valence-electron chi connectivity index (χ2n) is 8.27. The quantitative estimate of drug-likeness (QED) is 0.255. The summed E-state index contributed by atoms with van der Waals surface area (Å²) in [4.78, 5) is 12.0. The van der Waals surface area contributed by atoms with E-state index in [1.54, 1.807) is 6.08 Å². The van der Waals surface area contributed by atoms with E-state index in [0.717, 1.165) is 25.7 Å². The molecule has 0 amide bonds. The Bertz CT molecular complexity index is 564. The highest BCUT2D eigenvalue weighted by Gasteiger charge is 2.72. The average molecular weight is 482 g/mol. The molecule has 0 unspecified atom stereocenters. The molecule has 1 aliphatic carbocycles. The number of hydrogen-bond donors (Lipinski definition) is 0. The van der Waals surface area contributed by atoms with Crippen molar-refractivity contribution in [3.63, 3.8) is 0 Å². The Labute approximate surface area is 168 Å². The van der Waals surface area contributed by atoms with Crippen LogP contribution in [0.5, 0.6) is 0 Å². The zero-order chi connectivity index (χ0) is 18.6. The molecule has 5 nitrogen and oxygen atoms in total. The van der Waals surface area contributed by atoms with E-state index in [1.165, 1.54) is 0 Å². The highest BCUT2D eigenvalue weighted by Crippen LogP contribution is 2.62. The first-order valence-corrected chi connectivity index (χ1v) is 11.1. The number of hydrogen-bond acceptors (Lipinski definition) is 5. The fraction of sp³-hybridized carbons (Fsp3) is 0.895. The normalized spacial score (nSPS) is 53.0. The van der Waals surface area contributed by atoms with Crippen molar-refractivity contribution in [2.75, 3.05) is 17.7 Å². The SMILES string of the molecule is C=CCO[C@@]1(CF)O[C@@H]2O[C@]3(CI)CC[C@H]4[C@H](C)CC[C@@H]([C@H]1C)[C@@]24OO3. The third-order valence-electron chi connectivity index (χ3n) is 7.08. The Morgan fingerprint density at radius 2 is 2.00 bits per heavy atom. The average Bonchev–Trinajstić information content (AvgIpc) is 2.91. The van der Waals surface area contributed by atoms with Gasteiger partial charge in [-0.3, -0.25) is 0 Å². The molecule has 0 aromatic rings. The van der Waals surface area contributed by atoms with Crippen LogP contribution in [0.25, 0.3) is 0 Å². The maximum atomic E-state index is 14.3. The number of ether oxygens (including phenoxy) is 3. The zero-order valence-corrected chi connectivity index (χ0v) is 17.6. The van der Waals surface area contributed by atoms with Crippen molar-refractivity contribution in [2.45, 2.75) is 63.0 Å². The second-order valence-corrected chi connectivity index (χ2v) is 9.04. The molecule has 0 aromatic carbocycles. The maximum absolute atomic E-state index is 14.3. The Morgan fingerprint density at radius 1 is 1.19 bits per heavy atom. The molecule has 5 rings (SSSR count). The van der Waals surface area contributed by atoms with Crippen molar-refractivity contribution >= 4 is 22.6 Å². The van der Waals surface area contributed by atoms with Gasteiger partial charge >= 0.3 is 0 Å². The predicted octanol–water partition coefficient (Wildman–Crippen LogP) is 4.15. The van der Waals surface area contributed by atoms with Crippen molar-refractivity contribution in [3.05, 3.63) is 12.7 Å². The molecule has 7 heteroatoms. The van der Waals surface area contributed by atoms with Gasteiger partial charge in [-0.2, -0.15) is 4.89 Å². The summed E-state index contributed by atoms with van der Waals surface area (Å²) >= 11 is 2.25. The van der Waals surface area contributed by atoms with Gasteiger partial charge in [0.15, 0.2) is 11.9 Å². The molecular weight excluding hydrogens is 454 g/mol. The molecule has 148 valence electrons. The fourth-order valence-electron chi connectivity index (χ4n) is 5.57. The third-order valence-corrected chi connectivity index (χ3v) is 8.24. The molecule has 26 heavy (non-hydrogen) atoms. The molecule has 5 fully saturated rings.